The lowest BCUT2D eigenvalue weighted by molar-refractivity contribution is 0.415. The summed E-state index contributed by atoms with van der Waals surface area (Å²) in [6, 6.07) is 11.1. The van der Waals surface area contributed by atoms with Crippen molar-refractivity contribution in [2.75, 3.05) is 7.11 Å². The standard InChI is InChI=1S/C16H17N3O2/c1-3-4-11-5-8-15(16(20)9-11)19-17-13-7-6-12(21-2)10-14(13)18-19/h5-10,20H,3-4H2,1-2H3. The van der Waals surface area contributed by atoms with Gasteiger partial charge in [0.05, 0.1) is 7.11 Å². The molecule has 0 saturated carbocycles. The predicted molar refractivity (Wildman–Crippen MR) is 81.1 cm³/mol. The van der Waals surface area contributed by atoms with E-state index in [1.165, 1.54) is 4.80 Å². The lowest BCUT2D eigenvalue weighted by Crippen LogP contribution is -1.99. The van der Waals surface area contributed by atoms with E-state index in [4.69, 9.17) is 4.74 Å². The maximum Gasteiger partial charge on any atom is 0.143 e. The van der Waals surface area contributed by atoms with Crippen LogP contribution in [-0.4, -0.2) is 27.2 Å². The minimum Gasteiger partial charge on any atom is -0.506 e. The number of fused-ring (bicyclic) bond motifs is 1. The smallest absolute Gasteiger partial charge is 0.143 e. The molecule has 3 rings (SSSR count). The van der Waals surface area contributed by atoms with Crippen LogP contribution < -0.4 is 4.74 Å². The van der Waals surface area contributed by atoms with Gasteiger partial charge in [-0.15, -0.1) is 15.0 Å². The van der Waals surface area contributed by atoms with E-state index in [0.717, 1.165) is 35.2 Å². The molecule has 2 aromatic carbocycles. The molecule has 5 nitrogen and oxygen atoms in total. The first-order valence-electron chi connectivity index (χ1n) is 6.94. The summed E-state index contributed by atoms with van der Waals surface area (Å²) in [5.41, 5.74) is 3.17. The monoisotopic (exact) mass is 283 g/mol. The number of aryl methyl sites for hydroxylation is 1. The molecule has 0 aliphatic rings. The number of benzene rings is 2. The molecule has 5 heteroatoms. The Kier molecular flexibility index (Phi) is 3.48. The largest absolute Gasteiger partial charge is 0.506 e. The molecule has 0 atom stereocenters. The lowest BCUT2D eigenvalue weighted by atomic mass is 10.1. The van der Waals surface area contributed by atoms with Crippen LogP contribution in [0, 0.1) is 0 Å². The van der Waals surface area contributed by atoms with E-state index in [1.54, 1.807) is 13.2 Å². The fraction of sp³-hybridized carbons (Fsp3) is 0.250. The van der Waals surface area contributed by atoms with Crippen molar-refractivity contribution in [1.82, 2.24) is 15.0 Å². The van der Waals surface area contributed by atoms with Crippen molar-refractivity contribution in [2.45, 2.75) is 19.8 Å². The summed E-state index contributed by atoms with van der Waals surface area (Å²) in [5, 5.41) is 19.0. The van der Waals surface area contributed by atoms with Crippen LogP contribution in [0.2, 0.25) is 0 Å². The van der Waals surface area contributed by atoms with E-state index in [1.807, 2.05) is 30.3 Å². The number of hydrogen-bond donors (Lipinski definition) is 1. The topological polar surface area (TPSA) is 60.2 Å². The summed E-state index contributed by atoms with van der Waals surface area (Å²) in [6.07, 6.45) is 1.99. The Morgan fingerprint density at radius 3 is 2.62 bits per heavy atom. The zero-order valence-corrected chi connectivity index (χ0v) is 12.1. The highest BCUT2D eigenvalue weighted by molar-refractivity contribution is 5.75. The Labute approximate surface area is 122 Å². The summed E-state index contributed by atoms with van der Waals surface area (Å²) in [5.74, 6) is 0.922. The van der Waals surface area contributed by atoms with E-state index in [2.05, 4.69) is 17.1 Å². The van der Waals surface area contributed by atoms with E-state index >= 15 is 0 Å². The first-order chi connectivity index (χ1) is 10.2. The summed E-state index contributed by atoms with van der Waals surface area (Å²) in [4.78, 5) is 1.45. The van der Waals surface area contributed by atoms with Gasteiger partial charge in [-0.1, -0.05) is 19.4 Å². The predicted octanol–water partition coefficient (Wildman–Crippen LogP) is 3.09. The van der Waals surface area contributed by atoms with Gasteiger partial charge in [-0.3, -0.25) is 0 Å². The Balaban J connectivity index is 2.03. The van der Waals surface area contributed by atoms with Crippen LogP contribution in [0.15, 0.2) is 36.4 Å². The van der Waals surface area contributed by atoms with Crippen molar-refractivity contribution in [3.05, 3.63) is 42.0 Å². The molecule has 1 aromatic heterocycles. The van der Waals surface area contributed by atoms with Crippen molar-refractivity contribution in [1.29, 1.82) is 0 Å². The Morgan fingerprint density at radius 2 is 1.90 bits per heavy atom. The summed E-state index contributed by atoms with van der Waals surface area (Å²) in [6.45, 7) is 2.11. The van der Waals surface area contributed by atoms with Gasteiger partial charge < -0.3 is 9.84 Å². The van der Waals surface area contributed by atoms with Crippen LogP contribution in [-0.2, 0) is 6.42 Å². The summed E-state index contributed by atoms with van der Waals surface area (Å²) >= 11 is 0. The first-order valence-corrected chi connectivity index (χ1v) is 6.94. The molecule has 21 heavy (non-hydrogen) atoms. The molecule has 1 heterocycles. The number of nitrogens with zero attached hydrogens (tertiary/aromatic N) is 3. The normalized spacial score (nSPS) is 11.0. The molecule has 3 aromatic rings. The number of methoxy groups -OCH3 is 1. The van der Waals surface area contributed by atoms with Crippen molar-refractivity contribution in [2.24, 2.45) is 0 Å². The zero-order valence-electron chi connectivity index (χ0n) is 12.1. The van der Waals surface area contributed by atoms with Gasteiger partial charge in [-0.2, -0.15) is 0 Å². The minimum absolute atomic E-state index is 0.188. The highest BCUT2D eigenvalue weighted by Gasteiger charge is 2.10. The molecule has 0 amide bonds. The van der Waals surface area contributed by atoms with Crippen LogP contribution in [0.3, 0.4) is 0 Å². The second-order valence-corrected chi connectivity index (χ2v) is 4.92. The molecular formula is C16H17N3O2. The molecule has 0 aliphatic heterocycles. The van der Waals surface area contributed by atoms with Gasteiger partial charge in [0.1, 0.15) is 28.2 Å². The Hall–Kier alpha value is -2.56. The molecule has 0 radical (unpaired) electrons. The molecule has 0 fully saturated rings. The number of rotatable bonds is 4. The number of aromatic nitrogens is 3. The van der Waals surface area contributed by atoms with E-state index in [0.29, 0.717) is 5.69 Å². The molecule has 0 bridgehead atoms. The third-order valence-electron chi connectivity index (χ3n) is 3.38. The molecule has 0 spiro atoms. The molecule has 0 saturated heterocycles. The van der Waals surface area contributed by atoms with Gasteiger partial charge in [0.2, 0.25) is 0 Å². The third-order valence-corrected chi connectivity index (χ3v) is 3.38. The Morgan fingerprint density at radius 1 is 1.10 bits per heavy atom. The minimum atomic E-state index is 0.188. The molecule has 108 valence electrons. The van der Waals surface area contributed by atoms with Gasteiger partial charge in [0.25, 0.3) is 0 Å². The van der Waals surface area contributed by atoms with Crippen LogP contribution >= 0.6 is 0 Å². The average molecular weight is 283 g/mol. The van der Waals surface area contributed by atoms with Crippen LogP contribution in [0.4, 0.5) is 0 Å². The quantitative estimate of drug-likeness (QED) is 0.799. The second kappa shape index (κ2) is 5.44. The third kappa shape index (κ3) is 2.54. The maximum atomic E-state index is 10.2. The lowest BCUT2D eigenvalue weighted by Gasteiger charge is -2.05. The van der Waals surface area contributed by atoms with Crippen molar-refractivity contribution in [3.63, 3.8) is 0 Å². The second-order valence-electron chi connectivity index (χ2n) is 4.92. The van der Waals surface area contributed by atoms with Gasteiger partial charge in [-0.05, 0) is 36.2 Å². The average Bonchev–Trinajstić information content (AvgIpc) is 2.90. The highest BCUT2D eigenvalue weighted by atomic mass is 16.5. The summed E-state index contributed by atoms with van der Waals surface area (Å²) < 4.78 is 5.18. The fourth-order valence-corrected chi connectivity index (χ4v) is 2.31. The molecule has 0 aliphatic carbocycles. The van der Waals surface area contributed by atoms with Crippen molar-refractivity contribution < 1.29 is 9.84 Å². The van der Waals surface area contributed by atoms with Gasteiger partial charge in [0.15, 0.2) is 0 Å². The number of ether oxygens (including phenoxy) is 1. The number of hydrogen-bond acceptors (Lipinski definition) is 4. The number of aromatic hydroxyl groups is 1. The zero-order chi connectivity index (χ0) is 14.8. The van der Waals surface area contributed by atoms with Crippen molar-refractivity contribution in [3.8, 4) is 17.2 Å². The summed E-state index contributed by atoms with van der Waals surface area (Å²) in [7, 11) is 1.61. The first kappa shape index (κ1) is 13.4. The molecule has 1 N–H and O–H groups in total. The molecule has 0 unspecified atom stereocenters. The van der Waals surface area contributed by atoms with E-state index in [-0.39, 0.29) is 5.75 Å². The van der Waals surface area contributed by atoms with Crippen LogP contribution in [0.5, 0.6) is 11.5 Å². The van der Waals surface area contributed by atoms with Gasteiger partial charge in [-0.25, -0.2) is 0 Å². The number of phenolic OH excluding ortho intramolecular Hbond substituents is 1. The fourth-order valence-electron chi connectivity index (χ4n) is 2.31. The van der Waals surface area contributed by atoms with Crippen LogP contribution in [0.25, 0.3) is 16.7 Å². The Bertz CT molecular complexity index is 780. The highest BCUT2D eigenvalue weighted by Crippen LogP contribution is 2.24. The SMILES string of the molecule is CCCc1ccc(-n2nc3ccc(OC)cc3n2)c(O)c1. The maximum absolute atomic E-state index is 10.2. The van der Waals surface area contributed by atoms with E-state index in [9.17, 15) is 5.11 Å². The van der Waals surface area contributed by atoms with Gasteiger partial charge in [0, 0.05) is 6.07 Å². The molecular weight excluding hydrogens is 266 g/mol. The number of phenols is 1. The van der Waals surface area contributed by atoms with Gasteiger partial charge >= 0.3 is 0 Å². The van der Waals surface area contributed by atoms with E-state index < -0.39 is 0 Å². The van der Waals surface area contributed by atoms with Crippen molar-refractivity contribution >= 4 is 11.0 Å². The van der Waals surface area contributed by atoms with Crippen LogP contribution in [0.1, 0.15) is 18.9 Å².